The molecule has 0 aromatic carbocycles. The summed E-state index contributed by atoms with van der Waals surface area (Å²) in [4.78, 5) is 14.8. The monoisotopic (exact) mass is 346 g/mol. The Morgan fingerprint density at radius 3 is 2.92 bits per heavy atom. The molecule has 3 rings (SSSR count). The maximum Gasteiger partial charge on any atom is 0.242 e. The fraction of sp³-hybridized carbons (Fsp3) is 0.588. The van der Waals surface area contributed by atoms with Crippen molar-refractivity contribution in [2.45, 2.75) is 45.5 Å². The number of hydrogen-bond acceptors (Lipinski definition) is 5. The van der Waals surface area contributed by atoms with Crippen molar-refractivity contribution in [3.63, 3.8) is 0 Å². The highest BCUT2D eigenvalue weighted by atomic mass is 16.5. The Morgan fingerprint density at radius 1 is 1.36 bits per heavy atom. The Labute approximate surface area is 147 Å². The van der Waals surface area contributed by atoms with Crippen LogP contribution in [0.15, 0.2) is 30.7 Å². The zero-order valence-electron chi connectivity index (χ0n) is 15.0. The molecule has 0 bridgehead atoms. The van der Waals surface area contributed by atoms with Crippen LogP contribution in [0, 0.1) is 0 Å². The molecule has 2 aromatic rings. The van der Waals surface area contributed by atoms with E-state index in [9.17, 15) is 4.79 Å². The number of rotatable bonds is 6. The number of nitrogens with zero attached hydrogens (tertiary/aromatic N) is 5. The summed E-state index contributed by atoms with van der Waals surface area (Å²) in [5.41, 5.74) is 0. The van der Waals surface area contributed by atoms with Gasteiger partial charge in [0.2, 0.25) is 5.91 Å². The van der Waals surface area contributed by atoms with E-state index in [0.717, 1.165) is 12.4 Å². The van der Waals surface area contributed by atoms with Gasteiger partial charge in [-0.1, -0.05) is 0 Å². The van der Waals surface area contributed by atoms with Gasteiger partial charge in [0.1, 0.15) is 5.82 Å². The van der Waals surface area contributed by atoms with Gasteiger partial charge in [-0.15, -0.1) is 0 Å². The third kappa shape index (κ3) is 4.26. The molecule has 0 unspecified atom stereocenters. The predicted molar refractivity (Wildman–Crippen MR) is 94.2 cm³/mol. The van der Waals surface area contributed by atoms with E-state index in [4.69, 9.17) is 4.74 Å². The fourth-order valence-corrected chi connectivity index (χ4v) is 3.04. The number of nitrogens with one attached hydrogen (secondary N) is 1. The van der Waals surface area contributed by atoms with Crippen LogP contribution in [0.2, 0.25) is 0 Å². The first-order chi connectivity index (χ1) is 12.0. The van der Waals surface area contributed by atoms with Crippen molar-refractivity contribution in [3.8, 4) is 0 Å². The van der Waals surface area contributed by atoms with Gasteiger partial charge in [-0.05, 0) is 26.8 Å². The van der Waals surface area contributed by atoms with Gasteiger partial charge in [0.05, 0.1) is 31.5 Å². The van der Waals surface area contributed by atoms with Crippen LogP contribution in [-0.4, -0.2) is 62.2 Å². The van der Waals surface area contributed by atoms with Crippen LogP contribution in [0.1, 0.15) is 26.8 Å². The molecular formula is C17H26N6O2. The molecule has 1 fully saturated rings. The lowest BCUT2D eigenvalue weighted by atomic mass is 10.2. The number of amides is 1. The zero-order valence-corrected chi connectivity index (χ0v) is 15.0. The Balaban J connectivity index is 1.58. The minimum Gasteiger partial charge on any atom is -0.374 e. The molecule has 0 aliphatic carbocycles. The van der Waals surface area contributed by atoms with Crippen molar-refractivity contribution in [1.29, 1.82) is 0 Å². The maximum atomic E-state index is 12.7. The topological polar surface area (TPSA) is 77.2 Å². The van der Waals surface area contributed by atoms with Crippen LogP contribution in [-0.2, 0) is 16.1 Å². The molecule has 2 aromatic heterocycles. The molecule has 1 aliphatic rings. The Morgan fingerprint density at radius 2 is 2.20 bits per heavy atom. The quantitative estimate of drug-likeness (QED) is 0.855. The summed E-state index contributed by atoms with van der Waals surface area (Å²) in [7, 11) is 0. The van der Waals surface area contributed by atoms with Gasteiger partial charge >= 0.3 is 0 Å². The lowest BCUT2D eigenvalue weighted by molar-refractivity contribution is -0.124. The summed E-state index contributed by atoms with van der Waals surface area (Å²) in [5, 5.41) is 11.5. The van der Waals surface area contributed by atoms with Crippen LogP contribution in [0.5, 0.6) is 0 Å². The Bertz CT molecular complexity index is 681. The van der Waals surface area contributed by atoms with E-state index in [1.807, 2.05) is 48.5 Å². The average molecular weight is 346 g/mol. The van der Waals surface area contributed by atoms with Crippen LogP contribution in [0.3, 0.4) is 0 Å². The van der Waals surface area contributed by atoms with Gasteiger partial charge in [0.25, 0.3) is 0 Å². The second-order valence-corrected chi connectivity index (χ2v) is 6.64. The lowest BCUT2D eigenvalue weighted by Crippen LogP contribution is -2.51. The normalized spacial score (nSPS) is 19.9. The maximum absolute atomic E-state index is 12.7. The third-order valence-electron chi connectivity index (χ3n) is 4.46. The third-order valence-corrected chi connectivity index (χ3v) is 4.46. The van der Waals surface area contributed by atoms with Crippen LogP contribution in [0.25, 0.3) is 0 Å². The van der Waals surface area contributed by atoms with Crippen molar-refractivity contribution in [2.24, 2.45) is 0 Å². The predicted octanol–water partition coefficient (Wildman–Crippen LogP) is 1.39. The van der Waals surface area contributed by atoms with E-state index in [2.05, 4.69) is 20.4 Å². The number of carbonyl (C=O) groups excluding carboxylic acids is 1. The van der Waals surface area contributed by atoms with Crippen LogP contribution < -0.4 is 5.32 Å². The molecule has 3 heterocycles. The number of morpholine rings is 1. The van der Waals surface area contributed by atoms with Gasteiger partial charge in [0.15, 0.2) is 0 Å². The van der Waals surface area contributed by atoms with Gasteiger partial charge in [-0.2, -0.15) is 10.2 Å². The van der Waals surface area contributed by atoms with Crippen molar-refractivity contribution >= 4 is 11.7 Å². The molecule has 0 spiro atoms. The number of carbonyl (C=O) groups is 1. The number of aromatic nitrogens is 4. The second kappa shape index (κ2) is 7.79. The number of ether oxygens (including phenoxy) is 1. The summed E-state index contributed by atoms with van der Waals surface area (Å²) in [5.74, 6) is 0.704. The number of anilines is 1. The SMILES string of the molecule is CC(C)n1nccc1NC(=O)[C@@H](C)N1CCO[C@@H](Cn2cccn2)C1. The molecule has 1 amide bonds. The number of hydrogen-bond donors (Lipinski definition) is 1. The highest BCUT2D eigenvalue weighted by Crippen LogP contribution is 2.16. The molecule has 1 saturated heterocycles. The van der Waals surface area contributed by atoms with Crippen molar-refractivity contribution in [3.05, 3.63) is 30.7 Å². The molecule has 8 nitrogen and oxygen atoms in total. The molecule has 25 heavy (non-hydrogen) atoms. The first-order valence-electron chi connectivity index (χ1n) is 8.72. The van der Waals surface area contributed by atoms with Gasteiger partial charge < -0.3 is 10.1 Å². The Kier molecular flexibility index (Phi) is 5.50. The molecular weight excluding hydrogens is 320 g/mol. The molecule has 2 atom stereocenters. The highest BCUT2D eigenvalue weighted by molar-refractivity contribution is 5.93. The molecule has 1 N–H and O–H groups in total. The van der Waals surface area contributed by atoms with Crippen LogP contribution >= 0.6 is 0 Å². The summed E-state index contributed by atoms with van der Waals surface area (Å²) in [6, 6.07) is 3.68. The van der Waals surface area contributed by atoms with Crippen molar-refractivity contribution in [2.75, 3.05) is 25.0 Å². The van der Waals surface area contributed by atoms with Crippen LogP contribution in [0.4, 0.5) is 5.82 Å². The standard InChI is InChI=1S/C17H26N6O2/c1-13(2)23-16(5-7-19-23)20-17(24)14(3)21-9-10-25-15(11-21)12-22-8-4-6-18-22/h4-8,13-15H,9-12H2,1-3H3,(H,20,24)/t14-,15-/m1/s1. The largest absolute Gasteiger partial charge is 0.374 e. The molecule has 1 aliphatic heterocycles. The minimum absolute atomic E-state index is 0.0258. The van der Waals surface area contributed by atoms with Gasteiger partial charge in [-0.3, -0.25) is 14.4 Å². The Hall–Kier alpha value is -2.19. The van der Waals surface area contributed by atoms with E-state index in [1.54, 1.807) is 12.4 Å². The minimum atomic E-state index is -0.237. The molecule has 0 saturated carbocycles. The van der Waals surface area contributed by atoms with E-state index < -0.39 is 0 Å². The van der Waals surface area contributed by atoms with E-state index in [1.165, 1.54) is 0 Å². The summed E-state index contributed by atoms with van der Waals surface area (Å²) < 4.78 is 9.49. The summed E-state index contributed by atoms with van der Waals surface area (Å²) in [6.07, 6.45) is 5.42. The molecule has 136 valence electrons. The molecule has 0 radical (unpaired) electrons. The summed E-state index contributed by atoms with van der Waals surface area (Å²) >= 11 is 0. The van der Waals surface area contributed by atoms with Crippen molar-refractivity contribution in [1.82, 2.24) is 24.5 Å². The van der Waals surface area contributed by atoms with E-state index in [0.29, 0.717) is 19.7 Å². The second-order valence-electron chi connectivity index (χ2n) is 6.64. The first kappa shape index (κ1) is 17.6. The summed E-state index contributed by atoms with van der Waals surface area (Å²) in [6.45, 7) is 8.76. The first-order valence-corrected chi connectivity index (χ1v) is 8.72. The van der Waals surface area contributed by atoms with Gasteiger partial charge in [-0.25, -0.2) is 4.68 Å². The fourth-order valence-electron chi connectivity index (χ4n) is 3.04. The van der Waals surface area contributed by atoms with Gasteiger partial charge in [0, 0.05) is 37.6 Å². The zero-order chi connectivity index (χ0) is 17.8. The average Bonchev–Trinajstić information content (AvgIpc) is 3.26. The molecule has 8 heteroatoms. The smallest absolute Gasteiger partial charge is 0.242 e. The van der Waals surface area contributed by atoms with E-state index >= 15 is 0 Å². The lowest BCUT2D eigenvalue weighted by Gasteiger charge is -2.36. The highest BCUT2D eigenvalue weighted by Gasteiger charge is 2.28. The van der Waals surface area contributed by atoms with E-state index in [-0.39, 0.29) is 24.1 Å². The van der Waals surface area contributed by atoms with Crippen molar-refractivity contribution < 1.29 is 9.53 Å².